The normalized spacial score (nSPS) is 10.7. The molecule has 5 nitrogen and oxygen atoms in total. The predicted molar refractivity (Wildman–Crippen MR) is 70.9 cm³/mol. The minimum absolute atomic E-state index is 0.0674. The summed E-state index contributed by atoms with van der Waals surface area (Å²) in [4.78, 5) is 14.0. The lowest BCUT2D eigenvalue weighted by Gasteiger charge is -2.15. The zero-order valence-corrected chi connectivity index (χ0v) is 10.4. The summed E-state index contributed by atoms with van der Waals surface area (Å²) in [6.07, 6.45) is 5.03. The number of H-pyrrole nitrogens is 1. The van der Waals surface area contributed by atoms with Crippen molar-refractivity contribution in [1.82, 2.24) is 14.6 Å². The summed E-state index contributed by atoms with van der Waals surface area (Å²) < 4.78 is 5.13. The van der Waals surface area contributed by atoms with Gasteiger partial charge in [0.05, 0.1) is 22.1 Å². The largest absolute Gasteiger partial charge is 0.308 e. The third-order valence-corrected chi connectivity index (χ3v) is 3.57. The Morgan fingerprint density at radius 3 is 3.06 bits per heavy atom. The number of nitrogens with one attached hydrogen (secondary N) is 1. The average molecular weight is 258 g/mol. The van der Waals surface area contributed by atoms with Gasteiger partial charge in [0.25, 0.3) is 5.91 Å². The van der Waals surface area contributed by atoms with Gasteiger partial charge in [0, 0.05) is 24.8 Å². The Balaban J connectivity index is 2.04. The van der Waals surface area contributed by atoms with Crippen molar-refractivity contribution < 1.29 is 4.79 Å². The van der Waals surface area contributed by atoms with Crippen LogP contribution in [0.4, 0.5) is 5.69 Å². The molecule has 3 aromatic rings. The van der Waals surface area contributed by atoms with E-state index in [1.54, 1.807) is 30.5 Å². The standard InChI is InChI=1S/C12H10N4OS/c1-16(8-5-13-14-6-8)12(17)9-3-2-4-11-10(9)7-15-18-11/h2-7H,1H3,(H,13,14). The van der Waals surface area contributed by atoms with Gasteiger partial charge in [-0.2, -0.15) is 9.47 Å². The summed E-state index contributed by atoms with van der Waals surface area (Å²) in [7, 11) is 1.73. The lowest BCUT2D eigenvalue weighted by Crippen LogP contribution is -2.25. The molecule has 1 amide bonds. The highest BCUT2D eigenvalue weighted by atomic mass is 32.1. The molecule has 18 heavy (non-hydrogen) atoms. The molecule has 1 aromatic carbocycles. The lowest BCUT2D eigenvalue weighted by molar-refractivity contribution is 0.0994. The van der Waals surface area contributed by atoms with Gasteiger partial charge < -0.3 is 4.90 Å². The maximum Gasteiger partial charge on any atom is 0.258 e. The lowest BCUT2D eigenvalue weighted by atomic mass is 10.1. The average Bonchev–Trinajstić information content (AvgIpc) is 3.06. The van der Waals surface area contributed by atoms with E-state index in [1.807, 2.05) is 18.2 Å². The van der Waals surface area contributed by atoms with E-state index in [9.17, 15) is 4.79 Å². The summed E-state index contributed by atoms with van der Waals surface area (Å²) in [5, 5.41) is 7.43. The maximum atomic E-state index is 12.4. The molecule has 0 saturated carbocycles. The van der Waals surface area contributed by atoms with E-state index < -0.39 is 0 Å². The van der Waals surface area contributed by atoms with E-state index in [1.165, 1.54) is 11.5 Å². The third-order valence-electron chi connectivity index (χ3n) is 2.81. The molecule has 0 aliphatic rings. The van der Waals surface area contributed by atoms with Crippen LogP contribution in [0.2, 0.25) is 0 Å². The number of amides is 1. The van der Waals surface area contributed by atoms with E-state index in [2.05, 4.69) is 14.6 Å². The minimum atomic E-state index is -0.0674. The van der Waals surface area contributed by atoms with Crippen LogP contribution in [0.15, 0.2) is 36.8 Å². The summed E-state index contributed by atoms with van der Waals surface area (Å²) in [5.41, 5.74) is 1.39. The Bertz CT molecular complexity index is 689. The molecule has 0 spiro atoms. The maximum absolute atomic E-state index is 12.4. The molecule has 1 N–H and O–H groups in total. The Labute approximate surface area is 107 Å². The molecule has 0 bridgehead atoms. The van der Waals surface area contributed by atoms with Gasteiger partial charge in [-0.15, -0.1) is 0 Å². The number of aromatic nitrogens is 3. The topological polar surface area (TPSA) is 61.9 Å². The molecule has 0 saturated heterocycles. The summed E-state index contributed by atoms with van der Waals surface area (Å²) >= 11 is 1.39. The van der Waals surface area contributed by atoms with Gasteiger partial charge in [-0.3, -0.25) is 9.89 Å². The number of rotatable bonds is 2. The molecule has 0 radical (unpaired) electrons. The number of carbonyl (C=O) groups is 1. The van der Waals surface area contributed by atoms with Crippen molar-refractivity contribution >= 4 is 33.2 Å². The van der Waals surface area contributed by atoms with Crippen LogP contribution in [-0.4, -0.2) is 27.5 Å². The van der Waals surface area contributed by atoms with E-state index in [4.69, 9.17) is 0 Å². The molecule has 90 valence electrons. The molecule has 0 fully saturated rings. The van der Waals surface area contributed by atoms with Crippen LogP contribution in [0.1, 0.15) is 10.4 Å². The van der Waals surface area contributed by atoms with Gasteiger partial charge in [0.2, 0.25) is 0 Å². The van der Waals surface area contributed by atoms with Gasteiger partial charge in [0.15, 0.2) is 0 Å². The monoisotopic (exact) mass is 258 g/mol. The summed E-state index contributed by atoms with van der Waals surface area (Å²) in [6.45, 7) is 0. The smallest absolute Gasteiger partial charge is 0.258 e. The van der Waals surface area contributed by atoms with Crippen molar-refractivity contribution in [2.75, 3.05) is 11.9 Å². The fourth-order valence-corrected chi connectivity index (χ4v) is 2.48. The van der Waals surface area contributed by atoms with Crippen LogP contribution >= 0.6 is 11.5 Å². The molecular formula is C12H10N4OS. The summed E-state index contributed by atoms with van der Waals surface area (Å²) in [6, 6.07) is 5.65. The first kappa shape index (κ1) is 10.9. The van der Waals surface area contributed by atoms with E-state index >= 15 is 0 Å². The van der Waals surface area contributed by atoms with Gasteiger partial charge in [-0.25, -0.2) is 0 Å². The van der Waals surface area contributed by atoms with Crippen molar-refractivity contribution in [3.8, 4) is 0 Å². The van der Waals surface area contributed by atoms with Crippen molar-refractivity contribution in [2.24, 2.45) is 0 Å². The number of carbonyl (C=O) groups excluding carboxylic acids is 1. The highest BCUT2D eigenvalue weighted by molar-refractivity contribution is 7.13. The molecule has 0 atom stereocenters. The number of nitrogens with zero attached hydrogens (tertiary/aromatic N) is 3. The molecule has 2 aromatic heterocycles. The Morgan fingerprint density at radius 2 is 2.28 bits per heavy atom. The first-order valence-electron chi connectivity index (χ1n) is 5.37. The minimum Gasteiger partial charge on any atom is -0.308 e. The highest BCUT2D eigenvalue weighted by Crippen LogP contribution is 2.24. The van der Waals surface area contributed by atoms with Crippen LogP contribution in [0, 0.1) is 0 Å². The number of aromatic amines is 1. The molecule has 3 rings (SSSR count). The van der Waals surface area contributed by atoms with Gasteiger partial charge in [0.1, 0.15) is 0 Å². The van der Waals surface area contributed by atoms with Crippen LogP contribution in [0.25, 0.3) is 10.1 Å². The van der Waals surface area contributed by atoms with Gasteiger partial charge in [-0.1, -0.05) is 6.07 Å². The van der Waals surface area contributed by atoms with Crippen LogP contribution in [0.5, 0.6) is 0 Å². The van der Waals surface area contributed by atoms with Crippen LogP contribution < -0.4 is 4.90 Å². The molecule has 0 aliphatic carbocycles. The third kappa shape index (κ3) is 1.67. The zero-order valence-electron chi connectivity index (χ0n) is 9.62. The summed E-state index contributed by atoms with van der Waals surface area (Å²) in [5.74, 6) is -0.0674. The van der Waals surface area contributed by atoms with E-state index in [-0.39, 0.29) is 5.91 Å². The number of hydrogen-bond acceptors (Lipinski definition) is 4. The second-order valence-corrected chi connectivity index (χ2v) is 4.70. The van der Waals surface area contributed by atoms with Crippen molar-refractivity contribution in [3.63, 3.8) is 0 Å². The fourth-order valence-electron chi connectivity index (χ4n) is 1.80. The molecule has 2 heterocycles. The quantitative estimate of drug-likeness (QED) is 0.767. The van der Waals surface area contributed by atoms with Crippen molar-refractivity contribution in [2.45, 2.75) is 0 Å². The highest BCUT2D eigenvalue weighted by Gasteiger charge is 2.17. The SMILES string of the molecule is CN(C(=O)c1cccc2sncc12)c1cn[nH]c1. The number of benzene rings is 1. The fraction of sp³-hybridized carbons (Fsp3) is 0.0833. The number of anilines is 1. The Hall–Kier alpha value is -2.21. The second kappa shape index (κ2) is 4.23. The van der Waals surface area contributed by atoms with Crippen LogP contribution in [-0.2, 0) is 0 Å². The van der Waals surface area contributed by atoms with E-state index in [0.29, 0.717) is 5.56 Å². The molecule has 0 unspecified atom stereocenters. The predicted octanol–water partition coefficient (Wildman–Crippen LogP) is 2.30. The number of fused-ring (bicyclic) bond motifs is 1. The van der Waals surface area contributed by atoms with Crippen molar-refractivity contribution in [1.29, 1.82) is 0 Å². The Kier molecular flexibility index (Phi) is 2.56. The molecule has 6 heteroatoms. The van der Waals surface area contributed by atoms with Crippen molar-refractivity contribution in [3.05, 3.63) is 42.4 Å². The zero-order chi connectivity index (χ0) is 12.5. The van der Waals surface area contributed by atoms with E-state index in [0.717, 1.165) is 15.8 Å². The second-order valence-electron chi connectivity index (χ2n) is 3.86. The first-order chi connectivity index (χ1) is 8.77. The van der Waals surface area contributed by atoms with Gasteiger partial charge in [-0.05, 0) is 23.7 Å². The Morgan fingerprint density at radius 1 is 1.39 bits per heavy atom. The van der Waals surface area contributed by atoms with Gasteiger partial charge >= 0.3 is 0 Å². The molecule has 0 aliphatic heterocycles. The first-order valence-corrected chi connectivity index (χ1v) is 6.15. The molecular weight excluding hydrogens is 248 g/mol. The number of hydrogen-bond donors (Lipinski definition) is 1. The van der Waals surface area contributed by atoms with Crippen LogP contribution in [0.3, 0.4) is 0 Å².